The molecule has 1 fully saturated rings. The van der Waals surface area contributed by atoms with Crippen LogP contribution in [0.4, 0.5) is 0 Å². The van der Waals surface area contributed by atoms with Gasteiger partial charge < -0.3 is 4.90 Å². The lowest BCUT2D eigenvalue weighted by Gasteiger charge is -2.26. The van der Waals surface area contributed by atoms with Gasteiger partial charge in [0.1, 0.15) is 12.1 Å². The molecule has 0 unspecified atom stereocenters. The van der Waals surface area contributed by atoms with Gasteiger partial charge in [-0.3, -0.25) is 9.59 Å². The summed E-state index contributed by atoms with van der Waals surface area (Å²) >= 11 is 6.00. The van der Waals surface area contributed by atoms with Crippen molar-refractivity contribution in [2.24, 2.45) is 0 Å². The second kappa shape index (κ2) is 5.61. The highest BCUT2D eigenvalue weighted by molar-refractivity contribution is 6.31. The van der Waals surface area contributed by atoms with E-state index in [0.717, 1.165) is 0 Å². The molecule has 1 aromatic carbocycles. The van der Waals surface area contributed by atoms with E-state index in [2.05, 4.69) is 15.5 Å². The fourth-order valence-corrected chi connectivity index (χ4v) is 2.45. The molecule has 0 saturated carbocycles. The number of benzene rings is 1. The number of Topliss-reactive ketones (excluding diaryl/α,β-unsaturated/α-hetero) is 1. The zero-order valence-corrected chi connectivity index (χ0v) is 11.8. The van der Waals surface area contributed by atoms with Gasteiger partial charge in [0.05, 0.1) is 11.3 Å². The molecule has 1 aromatic heterocycles. The van der Waals surface area contributed by atoms with Crippen molar-refractivity contribution in [3.8, 4) is 5.69 Å². The van der Waals surface area contributed by atoms with Crippen molar-refractivity contribution in [3.05, 3.63) is 35.1 Å². The highest BCUT2D eigenvalue weighted by Crippen LogP contribution is 2.21. The number of carbonyl (C=O) groups is 2. The van der Waals surface area contributed by atoms with E-state index in [1.807, 2.05) is 0 Å². The van der Waals surface area contributed by atoms with Crippen LogP contribution in [0.5, 0.6) is 0 Å². The summed E-state index contributed by atoms with van der Waals surface area (Å²) in [6.07, 6.45) is 2.21. The van der Waals surface area contributed by atoms with Crippen molar-refractivity contribution in [3.63, 3.8) is 0 Å². The maximum Gasteiger partial charge on any atom is 0.256 e. The molecule has 0 atom stereocenters. The second-order valence-electron chi connectivity index (χ2n) is 4.75. The lowest BCUT2D eigenvalue weighted by atomic mass is 10.1. The fourth-order valence-electron chi connectivity index (χ4n) is 2.28. The third-order valence-electron chi connectivity index (χ3n) is 3.39. The molecular weight excluding hydrogens is 294 g/mol. The zero-order valence-electron chi connectivity index (χ0n) is 11.1. The Kier molecular flexibility index (Phi) is 3.66. The van der Waals surface area contributed by atoms with Crippen molar-refractivity contribution in [2.75, 3.05) is 13.1 Å². The molecule has 2 heterocycles. The predicted octanol–water partition coefficient (Wildman–Crippen LogP) is 1.12. The number of amides is 1. The van der Waals surface area contributed by atoms with Crippen molar-refractivity contribution < 1.29 is 9.59 Å². The standard InChI is InChI=1S/C13H12ClN5O2/c14-9-1-2-12(19-8-15-16-17-19)11(7-9)13(21)18-5-3-10(20)4-6-18/h1-2,7-8H,3-6H2. The Hall–Kier alpha value is -2.28. The van der Waals surface area contributed by atoms with Gasteiger partial charge in [0, 0.05) is 31.0 Å². The van der Waals surface area contributed by atoms with Gasteiger partial charge in [0.2, 0.25) is 0 Å². The first-order chi connectivity index (χ1) is 10.1. The van der Waals surface area contributed by atoms with Crippen LogP contribution in [0.3, 0.4) is 0 Å². The van der Waals surface area contributed by atoms with Crippen LogP contribution in [0.25, 0.3) is 5.69 Å². The molecule has 3 rings (SSSR count). The summed E-state index contributed by atoms with van der Waals surface area (Å²) in [5.74, 6) is 0.0151. The summed E-state index contributed by atoms with van der Waals surface area (Å²) in [5, 5.41) is 11.4. The minimum absolute atomic E-state index is 0.171. The van der Waals surface area contributed by atoms with E-state index in [-0.39, 0.29) is 11.7 Å². The Morgan fingerprint density at radius 1 is 1.24 bits per heavy atom. The van der Waals surface area contributed by atoms with Crippen molar-refractivity contribution in [1.82, 2.24) is 25.1 Å². The number of hydrogen-bond donors (Lipinski definition) is 0. The molecule has 8 heteroatoms. The van der Waals surface area contributed by atoms with Gasteiger partial charge in [-0.15, -0.1) is 5.10 Å². The lowest BCUT2D eigenvalue weighted by Crippen LogP contribution is -2.39. The summed E-state index contributed by atoms with van der Waals surface area (Å²) in [6, 6.07) is 4.97. The number of piperidine rings is 1. The summed E-state index contributed by atoms with van der Waals surface area (Å²) in [5.41, 5.74) is 0.982. The molecule has 0 N–H and O–H groups in total. The van der Waals surface area contributed by atoms with Gasteiger partial charge in [0.15, 0.2) is 0 Å². The second-order valence-corrected chi connectivity index (χ2v) is 5.18. The minimum atomic E-state index is -0.171. The monoisotopic (exact) mass is 305 g/mol. The van der Waals surface area contributed by atoms with Crippen LogP contribution >= 0.6 is 11.6 Å². The molecule has 1 saturated heterocycles. The molecule has 1 aliphatic heterocycles. The van der Waals surface area contributed by atoms with E-state index in [1.165, 1.54) is 11.0 Å². The molecular formula is C13H12ClN5O2. The maximum absolute atomic E-state index is 12.6. The summed E-state index contributed by atoms with van der Waals surface area (Å²) in [4.78, 5) is 25.6. The molecule has 108 valence electrons. The van der Waals surface area contributed by atoms with E-state index in [1.54, 1.807) is 23.1 Å². The summed E-state index contributed by atoms with van der Waals surface area (Å²) in [6.45, 7) is 0.860. The minimum Gasteiger partial charge on any atom is -0.338 e. The quantitative estimate of drug-likeness (QED) is 0.830. The predicted molar refractivity (Wildman–Crippen MR) is 74.3 cm³/mol. The number of tetrazole rings is 1. The van der Waals surface area contributed by atoms with Gasteiger partial charge >= 0.3 is 0 Å². The number of hydrogen-bond acceptors (Lipinski definition) is 5. The lowest BCUT2D eigenvalue weighted by molar-refractivity contribution is -0.120. The summed E-state index contributed by atoms with van der Waals surface area (Å²) < 4.78 is 1.42. The van der Waals surface area contributed by atoms with Gasteiger partial charge in [-0.25, -0.2) is 0 Å². The van der Waals surface area contributed by atoms with Gasteiger partial charge in [0.25, 0.3) is 5.91 Å². The van der Waals surface area contributed by atoms with Crippen LogP contribution in [0.1, 0.15) is 23.2 Å². The summed E-state index contributed by atoms with van der Waals surface area (Å²) in [7, 11) is 0. The molecule has 21 heavy (non-hydrogen) atoms. The van der Waals surface area contributed by atoms with E-state index >= 15 is 0 Å². The Balaban J connectivity index is 1.95. The number of halogens is 1. The first-order valence-corrected chi connectivity index (χ1v) is 6.87. The number of ketones is 1. The van der Waals surface area contributed by atoms with Crippen LogP contribution in [-0.4, -0.2) is 49.9 Å². The smallest absolute Gasteiger partial charge is 0.256 e. The van der Waals surface area contributed by atoms with Crippen molar-refractivity contribution in [1.29, 1.82) is 0 Å². The van der Waals surface area contributed by atoms with E-state index < -0.39 is 0 Å². The van der Waals surface area contributed by atoms with Crippen LogP contribution in [-0.2, 0) is 4.79 Å². The molecule has 0 radical (unpaired) electrons. The van der Waals surface area contributed by atoms with Crippen molar-refractivity contribution >= 4 is 23.3 Å². The van der Waals surface area contributed by atoms with E-state index in [0.29, 0.717) is 42.2 Å². The van der Waals surface area contributed by atoms with Crippen LogP contribution < -0.4 is 0 Å². The third kappa shape index (κ3) is 2.78. The molecule has 0 bridgehead atoms. The highest BCUT2D eigenvalue weighted by atomic mass is 35.5. The number of nitrogens with zero attached hydrogens (tertiary/aromatic N) is 5. The number of rotatable bonds is 2. The van der Waals surface area contributed by atoms with Gasteiger partial charge in [-0.05, 0) is 28.6 Å². The largest absolute Gasteiger partial charge is 0.338 e. The molecule has 7 nitrogen and oxygen atoms in total. The average molecular weight is 306 g/mol. The number of carbonyl (C=O) groups excluding carboxylic acids is 2. The fraction of sp³-hybridized carbons (Fsp3) is 0.308. The average Bonchev–Trinajstić information content (AvgIpc) is 3.01. The SMILES string of the molecule is O=C1CCN(C(=O)c2cc(Cl)ccc2-n2cnnn2)CC1. The van der Waals surface area contributed by atoms with Crippen LogP contribution in [0, 0.1) is 0 Å². The Morgan fingerprint density at radius 2 is 2.00 bits per heavy atom. The number of likely N-dealkylation sites (tertiary alicyclic amines) is 1. The topological polar surface area (TPSA) is 81.0 Å². The zero-order chi connectivity index (χ0) is 14.8. The van der Waals surface area contributed by atoms with E-state index in [9.17, 15) is 9.59 Å². The normalized spacial score (nSPS) is 15.3. The molecule has 1 aliphatic rings. The van der Waals surface area contributed by atoms with Crippen LogP contribution in [0.15, 0.2) is 24.5 Å². The third-order valence-corrected chi connectivity index (χ3v) is 3.63. The Labute approximate surface area is 125 Å². The maximum atomic E-state index is 12.6. The van der Waals surface area contributed by atoms with Crippen molar-refractivity contribution in [2.45, 2.75) is 12.8 Å². The van der Waals surface area contributed by atoms with Crippen LogP contribution in [0.2, 0.25) is 5.02 Å². The molecule has 0 aliphatic carbocycles. The van der Waals surface area contributed by atoms with Gasteiger partial charge in [-0.2, -0.15) is 4.68 Å². The molecule has 1 amide bonds. The Morgan fingerprint density at radius 3 is 2.67 bits per heavy atom. The van der Waals surface area contributed by atoms with Gasteiger partial charge in [-0.1, -0.05) is 11.6 Å². The highest BCUT2D eigenvalue weighted by Gasteiger charge is 2.24. The first-order valence-electron chi connectivity index (χ1n) is 6.49. The molecule has 2 aromatic rings. The molecule has 0 spiro atoms. The first kappa shape index (κ1) is 13.7. The number of aromatic nitrogens is 4. The van der Waals surface area contributed by atoms with E-state index in [4.69, 9.17) is 11.6 Å². The Bertz CT molecular complexity index is 676.